The van der Waals surface area contributed by atoms with Crippen LogP contribution in [0.4, 0.5) is 0 Å². The maximum absolute atomic E-state index is 5.34. The number of nitrogens with one attached hydrogen (secondary N) is 2. The van der Waals surface area contributed by atoms with Crippen molar-refractivity contribution in [2.45, 2.75) is 13.5 Å². The van der Waals surface area contributed by atoms with E-state index < -0.39 is 0 Å². The molecule has 1 heterocycles. The van der Waals surface area contributed by atoms with E-state index in [4.69, 9.17) is 11.5 Å². The van der Waals surface area contributed by atoms with Crippen molar-refractivity contribution in [2.24, 2.45) is 26.7 Å². The van der Waals surface area contributed by atoms with Gasteiger partial charge in [0.25, 0.3) is 0 Å². The van der Waals surface area contributed by atoms with Crippen LogP contribution in [-0.2, 0) is 6.54 Å². The molecule has 0 aromatic heterocycles. The van der Waals surface area contributed by atoms with Crippen LogP contribution in [0.25, 0.3) is 0 Å². The van der Waals surface area contributed by atoms with E-state index in [1.54, 1.807) is 24.7 Å². The first-order valence-corrected chi connectivity index (χ1v) is 7.01. The Labute approximate surface area is 126 Å². The van der Waals surface area contributed by atoms with Gasteiger partial charge in [-0.05, 0) is 0 Å². The molecule has 0 aliphatic carbocycles. The molecule has 0 unspecified atom stereocenters. The fourth-order valence-electron chi connectivity index (χ4n) is 1.51. The van der Waals surface area contributed by atoms with Gasteiger partial charge in [-0.1, -0.05) is 0 Å². The normalized spacial score (nSPS) is 13.8. The van der Waals surface area contributed by atoms with Crippen LogP contribution in [0.3, 0.4) is 0 Å². The molecule has 19 heavy (non-hydrogen) atoms. The van der Waals surface area contributed by atoms with Crippen LogP contribution in [0.1, 0.15) is 18.1 Å². The van der Waals surface area contributed by atoms with Crippen molar-refractivity contribution < 1.29 is 24.7 Å². The van der Waals surface area contributed by atoms with Crippen molar-refractivity contribution in [1.29, 1.82) is 0 Å². The molecule has 1 aromatic carbocycles. The Morgan fingerprint density at radius 3 is 2.68 bits per heavy atom. The number of nitrogens with two attached hydrogens (primary N) is 2. The molecule has 1 aromatic rings. The Balaban J connectivity index is 2.24. The number of hydrogen-bond acceptors (Lipinski definition) is 5. The number of benzene rings is 1. The molecule has 0 amide bonds. The van der Waals surface area contributed by atoms with Gasteiger partial charge in [-0.25, -0.2) is 0 Å². The van der Waals surface area contributed by atoms with E-state index in [1.807, 2.05) is 19.1 Å². The standard InChI is InChI=1S/C11H14AtN7/c1-6-16-18-10(19-17-6)8-2-7(3-9(12)4-8)5-15-11(13)14/h2-4H,5H2,1H3,(H,16,17)(H,18,19)(H4,13,14,15). The third-order valence-corrected chi connectivity index (χ3v) is 3.18. The number of hydrazone groups is 2. The average Bonchev–Trinajstić information content (AvgIpc) is 2.36. The molecule has 8 heteroatoms. The summed E-state index contributed by atoms with van der Waals surface area (Å²) in [5, 5.41) is 8.29. The van der Waals surface area contributed by atoms with Gasteiger partial charge < -0.3 is 0 Å². The van der Waals surface area contributed by atoms with Crippen LogP contribution < -0.4 is 25.6 Å². The quantitative estimate of drug-likeness (QED) is 0.340. The van der Waals surface area contributed by atoms with Gasteiger partial charge in [0, 0.05) is 0 Å². The maximum atomic E-state index is 5.34. The van der Waals surface area contributed by atoms with Gasteiger partial charge in [-0.2, -0.15) is 0 Å². The van der Waals surface area contributed by atoms with Gasteiger partial charge >= 0.3 is 126 Å². The van der Waals surface area contributed by atoms with Crippen LogP contribution in [0.2, 0.25) is 0 Å². The van der Waals surface area contributed by atoms with Gasteiger partial charge in [-0.3, -0.25) is 0 Å². The molecule has 1 aliphatic heterocycles. The van der Waals surface area contributed by atoms with Crippen molar-refractivity contribution >= 4 is 20.9 Å². The van der Waals surface area contributed by atoms with E-state index in [-0.39, 0.29) is 5.96 Å². The predicted molar refractivity (Wildman–Crippen MR) is 71.5 cm³/mol. The summed E-state index contributed by atoms with van der Waals surface area (Å²) in [6, 6.07) is 6.08. The summed E-state index contributed by atoms with van der Waals surface area (Å²) in [4.78, 5) is 4.01. The number of aliphatic imine (C=N–C) groups is 1. The van der Waals surface area contributed by atoms with Gasteiger partial charge in [-0.15, -0.1) is 0 Å². The number of amidine groups is 2. The molecular weight excluding hydrogens is 440 g/mol. The summed E-state index contributed by atoms with van der Waals surface area (Å²) >= 11 is 1.58. The van der Waals surface area contributed by atoms with Crippen LogP contribution in [0.15, 0.2) is 33.4 Å². The Morgan fingerprint density at radius 1 is 1.26 bits per heavy atom. The third kappa shape index (κ3) is 3.89. The molecule has 6 N–H and O–H groups in total. The molecule has 0 atom stereocenters. The van der Waals surface area contributed by atoms with Crippen molar-refractivity contribution in [3.05, 3.63) is 29.3 Å². The first-order chi connectivity index (χ1) is 9.04. The van der Waals surface area contributed by atoms with E-state index in [0.29, 0.717) is 12.4 Å². The zero-order chi connectivity index (χ0) is 13.8. The second-order valence-electron chi connectivity index (χ2n) is 3.97. The Kier molecular flexibility index (Phi) is 4.32. The van der Waals surface area contributed by atoms with Gasteiger partial charge in [0.2, 0.25) is 0 Å². The van der Waals surface area contributed by atoms with Crippen molar-refractivity contribution in [3.63, 3.8) is 0 Å². The number of hydrogen-bond donors (Lipinski definition) is 4. The van der Waals surface area contributed by atoms with Gasteiger partial charge in [0.15, 0.2) is 0 Å². The van der Waals surface area contributed by atoms with Crippen LogP contribution in [-0.4, -0.2) is 17.6 Å². The van der Waals surface area contributed by atoms with Crippen LogP contribution in [0.5, 0.6) is 0 Å². The summed E-state index contributed by atoms with van der Waals surface area (Å²) in [6.45, 7) is 2.28. The minimum atomic E-state index is 0.0861. The third-order valence-electron chi connectivity index (χ3n) is 2.33. The van der Waals surface area contributed by atoms with Gasteiger partial charge in [0.05, 0.1) is 0 Å². The number of rotatable bonds is 3. The molecule has 2 rings (SSSR count). The Morgan fingerprint density at radius 2 is 2.05 bits per heavy atom. The van der Waals surface area contributed by atoms with Crippen LogP contribution in [0, 0.1) is 24.7 Å². The van der Waals surface area contributed by atoms with E-state index in [0.717, 1.165) is 20.2 Å². The second kappa shape index (κ2) is 5.97. The van der Waals surface area contributed by atoms with Crippen molar-refractivity contribution in [3.8, 4) is 0 Å². The van der Waals surface area contributed by atoms with E-state index in [2.05, 4.69) is 32.1 Å². The monoisotopic (exact) mass is 454 g/mol. The molecule has 100 valence electrons. The van der Waals surface area contributed by atoms with E-state index in [9.17, 15) is 0 Å². The number of nitrogens with zero attached hydrogens (tertiary/aromatic N) is 3. The Hall–Kier alpha value is -1.69. The summed E-state index contributed by atoms with van der Waals surface area (Å²) < 4.78 is 1.16. The zero-order valence-corrected chi connectivity index (χ0v) is 13.3. The molecule has 0 radical (unpaired) electrons. The predicted octanol–water partition coefficient (Wildman–Crippen LogP) is -1.18. The SMILES string of the molecule is CC1=NNC(c2cc([At])cc(CN=C(N)N)c2)=NN1. The fourth-order valence-corrected chi connectivity index (χ4v) is 2.52. The van der Waals surface area contributed by atoms with Crippen molar-refractivity contribution in [1.82, 2.24) is 10.9 Å². The second-order valence-corrected chi connectivity index (χ2v) is 5.67. The molecule has 1 aliphatic rings. The topological polar surface area (TPSA) is 113 Å². The molecular formula is C11H14AtN7. The summed E-state index contributed by atoms with van der Waals surface area (Å²) in [7, 11) is 0. The molecule has 0 bridgehead atoms. The minimum absolute atomic E-state index is 0.0861. The molecule has 0 saturated heterocycles. The molecule has 0 fully saturated rings. The summed E-state index contributed by atoms with van der Waals surface area (Å²) in [5.41, 5.74) is 18.4. The molecule has 0 saturated carbocycles. The fraction of sp³-hybridized carbons (Fsp3) is 0.182. The van der Waals surface area contributed by atoms with Crippen molar-refractivity contribution in [2.75, 3.05) is 0 Å². The first-order valence-electron chi connectivity index (χ1n) is 5.54. The Bertz CT molecular complexity index is 572. The number of guanidine groups is 1. The van der Waals surface area contributed by atoms with E-state index >= 15 is 0 Å². The first kappa shape index (κ1) is 13.7. The summed E-state index contributed by atoms with van der Waals surface area (Å²) in [6.07, 6.45) is 0. The van der Waals surface area contributed by atoms with E-state index in [1.165, 1.54) is 0 Å². The van der Waals surface area contributed by atoms with Gasteiger partial charge in [0.1, 0.15) is 0 Å². The van der Waals surface area contributed by atoms with Crippen LogP contribution >= 0.6 is 0 Å². The molecule has 0 spiro atoms. The average molecular weight is 454 g/mol. The summed E-state index contributed by atoms with van der Waals surface area (Å²) in [5.74, 6) is 1.48. The molecule has 7 nitrogen and oxygen atoms in total. The zero-order valence-electron chi connectivity index (χ0n) is 10.3.